The molecule has 0 aliphatic carbocycles. The monoisotopic (exact) mass is 507 g/mol. The summed E-state index contributed by atoms with van der Waals surface area (Å²) >= 11 is 13.7. The molecule has 1 atom stereocenters. The van der Waals surface area contributed by atoms with Gasteiger partial charge in [-0.1, -0.05) is 23.7 Å². The zero-order valence-electron chi connectivity index (χ0n) is 17.0. The number of halogens is 2. The molecule has 0 unspecified atom stereocenters. The van der Waals surface area contributed by atoms with Gasteiger partial charge in [0.25, 0.3) is 10.0 Å². The van der Waals surface area contributed by atoms with E-state index >= 15 is 0 Å². The molecule has 0 bridgehead atoms. The van der Waals surface area contributed by atoms with Crippen LogP contribution in [0.4, 0.5) is 5.69 Å². The van der Waals surface area contributed by atoms with E-state index in [1.807, 2.05) is 13.0 Å². The second kappa shape index (κ2) is 8.93. The Morgan fingerprint density at radius 1 is 1.22 bits per heavy atom. The number of benzene rings is 2. The van der Waals surface area contributed by atoms with Gasteiger partial charge in [-0.05, 0) is 55.4 Å². The van der Waals surface area contributed by atoms with Crippen LogP contribution in [0.1, 0.15) is 18.9 Å². The number of hydrogen-bond acceptors (Lipinski definition) is 6. The van der Waals surface area contributed by atoms with Gasteiger partial charge in [-0.25, -0.2) is 0 Å². The first kappa shape index (κ1) is 22.9. The largest absolute Gasteiger partial charge is 0.485 e. The first-order valence-electron chi connectivity index (χ1n) is 9.73. The summed E-state index contributed by atoms with van der Waals surface area (Å²) in [5.74, 6) is 0.372. The molecule has 1 aliphatic heterocycles. The molecule has 10 heteroatoms. The molecule has 32 heavy (non-hydrogen) atoms. The molecule has 0 radical (unpaired) electrons. The molecule has 1 aliphatic rings. The van der Waals surface area contributed by atoms with Crippen LogP contribution in [0.25, 0.3) is 10.4 Å². The number of thiophene rings is 1. The van der Waals surface area contributed by atoms with Crippen LogP contribution in [0, 0.1) is 11.3 Å². The molecule has 1 fully saturated rings. The Morgan fingerprint density at radius 2 is 2.03 bits per heavy atom. The molecule has 2 aromatic carbocycles. The average Bonchev–Trinajstić information content (AvgIpc) is 3.45. The first-order valence-corrected chi connectivity index (χ1v) is 12.7. The van der Waals surface area contributed by atoms with Crippen LogP contribution in [0.3, 0.4) is 0 Å². The Morgan fingerprint density at radius 3 is 2.75 bits per heavy atom. The lowest BCUT2D eigenvalue weighted by Crippen LogP contribution is -2.34. The van der Waals surface area contributed by atoms with Crippen molar-refractivity contribution in [1.29, 1.82) is 5.26 Å². The average molecular weight is 508 g/mol. The van der Waals surface area contributed by atoms with E-state index in [0.29, 0.717) is 31.6 Å². The highest BCUT2D eigenvalue weighted by molar-refractivity contribution is 7.96. The third-order valence-electron chi connectivity index (χ3n) is 5.13. The fourth-order valence-corrected chi connectivity index (χ4v) is 6.44. The van der Waals surface area contributed by atoms with Crippen molar-refractivity contribution in [3.8, 4) is 22.3 Å². The molecule has 1 saturated heterocycles. The highest BCUT2D eigenvalue weighted by atomic mass is 35.5. The maximum Gasteiger partial charge on any atom is 0.287 e. The molecule has 6 nitrogen and oxygen atoms in total. The maximum atomic E-state index is 13.2. The van der Waals surface area contributed by atoms with Crippen LogP contribution in [-0.2, 0) is 10.0 Å². The fraction of sp³-hybridized carbons (Fsp3) is 0.227. The Hall–Kier alpha value is -2.28. The van der Waals surface area contributed by atoms with Crippen molar-refractivity contribution >= 4 is 50.4 Å². The molecule has 3 aromatic rings. The van der Waals surface area contributed by atoms with Gasteiger partial charge in [0.15, 0.2) is 0 Å². The molecule has 0 saturated carbocycles. The summed E-state index contributed by atoms with van der Waals surface area (Å²) in [6.07, 6.45) is 0.807. The second-order valence-electron chi connectivity index (χ2n) is 7.62. The minimum absolute atomic E-state index is 0.0780. The van der Waals surface area contributed by atoms with E-state index < -0.39 is 15.6 Å². The lowest BCUT2D eigenvalue weighted by atomic mass is 10.1. The highest BCUT2D eigenvalue weighted by Gasteiger charge is 2.32. The van der Waals surface area contributed by atoms with Gasteiger partial charge < -0.3 is 10.1 Å². The quantitative estimate of drug-likeness (QED) is 0.450. The summed E-state index contributed by atoms with van der Waals surface area (Å²) in [6, 6.07) is 16.9. The molecule has 2 heterocycles. The van der Waals surface area contributed by atoms with Crippen LogP contribution in [0.15, 0.2) is 58.8 Å². The van der Waals surface area contributed by atoms with Gasteiger partial charge in [-0.15, -0.1) is 11.3 Å². The van der Waals surface area contributed by atoms with E-state index in [0.717, 1.165) is 29.9 Å². The normalized spacial score (nSPS) is 18.3. The van der Waals surface area contributed by atoms with Crippen molar-refractivity contribution in [2.45, 2.75) is 23.2 Å². The molecular formula is C22H19Cl2N3O3S2. The number of rotatable bonds is 6. The Kier molecular flexibility index (Phi) is 6.39. The molecule has 1 N–H and O–H groups in total. The zero-order valence-corrected chi connectivity index (χ0v) is 20.2. The van der Waals surface area contributed by atoms with Crippen molar-refractivity contribution in [3.05, 3.63) is 65.2 Å². The second-order valence-corrected chi connectivity index (χ2v) is 11.7. The number of hydrogen-bond donors (Lipinski definition) is 1. The minimum atomic E-state index is -4.03. The van der Waals surface area contributed by atoms with Crippen molar-refractivity contribution in [2.75, 3.05) is 16.9 Å². The van der Waals surface area contributed by atoms with Gasteiger partial charge in [-0.3, -0.25) is 0 Å². The number of nitrogens with one attached hydrogen (secondary N) is 1. The van der Waals surface area contributed by atoms with Gasteiger partial charge in [0.05, 0.1) is 22.3 Å². The lowest BCUT2D eigenvalue weighted by molar-refractivity contribution is 0.111. The summed E-state index contributed by atoms with van der Waals surface area (Å²) < 4.78 is 33.2. The Labute approximate surface area is 201 Å². The third kappa shape index (κ3) is 4.58. The Balaban J connectivity index is 1.62. The topological polar surface area (TPSA) is 82.4 Å². The number of anilines is 1. The van der Waals surface area contributed by atoms with Gasteiger partial charge >= 0.3 is 0 Å². The van der Waals surface area contributed by atoms with Gasteiger partial charge in [0.2, 0.25) is 0 Å². The molecule has 166 valence electrons. The van der Waals surface area contributed by atoms with E-state index in [1.54, 1.807) is 30.3 Å². The van der Waals surface area contributed by atoms with Crippen LogP contribution in [0.5, 0.6) is 5.75 Å². The molecule has 1 aromatic heterocycles. The first-order chi connectivity index (χ1) is 15.2. The van der Waals surface area contributed by atoms with Crippen molar-refractivity contribution in [2.24, 2.45) is 0 Å². The van der Waals surface area contributed by atoms with Crippen molar-refractivity contribution in [1.82, 2.24) is 5.32 Å². The van der Waals surface area contributed by atoms with Gasteiger partial charge in [0.1, 0.15) is 15.6 Å². The molecule has 0 amide bonds. The molecule has 0 spiro atoms. The van der Waals surface area contributed by atoms with Gasteiger partial charge in [-0.2, -0.15) is 17.5 Å². The number of ether oxygens (including phenoxy) is 1. The Bertz CT molecular complexity index is 1300. The fourth-order valence-electron chi connectivity index (χ4n) is 3.40. The number of sulfonamides is 1. The standard InChI is InChI=1S/C22H19Cl2N3O3S2/c1-22(9-10-26-14-22)30-19-12-17(5-6-18(19)23)27(24)32(28,29)21-8-7-20(31-21)16-4-2-3-15(11-16)13-25/h2-8,11-12,26H,9-10,14H2,1H3/t22-/m1/s1. The summed E-state index contributed by atoms with van der Waals surface area (Å²) in [5.41, 5.74) is 1.05. The SMILES string of the molecule is C[C@@]1(Oc2cc(N(Cl)S(=O)(=O)c3ccc(-c4cccc(C#N)c4)s3)ccc2Cl)CCNC1. The maximum absolute atomic E-state index is 13.2. The summed E-state index contributed by atoms with van der Waals surface area (Å²) in [6.45, 7) is 3.48. The number of nitriles is 1. The zero-order chi connectivity index (χ0) is 22.9. The lowest BCUT2D eigenvalue weighted by Gasteiger charge is -2.26. The van der Waals surface area contributed by atoms with Crippen molar-refractivity contribution < 1.29 is 13.2 Å². The number of nitrogens with zero attached hydrogens (tertiary/aromatic N) is 2. The van der Waals surface area contributed by atoms with Crippen molar-refractivity contribution in [3.63, 3.8) is 0 Å². The third-order valence-corrected chi connectivity index (χ3v) is 9.27. The summed E-state index contributed by atoms with van der Waals surface area (Å²) in [5, 5.41) is 12.7. The van der Waals surface area contributed by atoms with E-state index in [9.17, 15) is 8.42 Å². The smallest absolute Gasteiger partial charge is 0.287 e. The van der Waals surface area contributed by atoms with Crippen LogP contribution >= 0.6 is 34.7 Å². The van der Waals surface area contributed by atoms with Crippen LogP contribution in [0.2, 0.25) is 5.02 Å². The molecule has 4 rings (SSSR count). The van der Waals surface area contributed by atoms with Crippen LogP contribution < -0.4 is 13.9 Å². The molecular weight excluding hydrogens is 489 g/mol. The van der Waals surface area contributed by atoms with Gasteiger partial charge in [0, 0.05) is 35.7 Å². The minimum Gasteiger partial charge on any atom is -0.485 e. The van der Waals surface area contributed by atoms with E-state index in [4.69, 9.17) is 33.4 Å². The van der Waals surface area contributed by atoms with Crippen LogP contribution in [-0.4, -0.2) is 27.1 Å². The summed E-state index contributed by atoms with van der Waals surface area (Å²) in [4.78, 5) is 0.715. The highest BCUT2D eigenvalue weighted by Crippen LogP contribution is 2.38. The van der Waals surface area contributed by atoms with E-state index in [-0.39, 0.29) is 9.90 Å². The van der Waals surface area contributed by atoms with E-state index in [2.05, 4.69) is 11.4 Å². The predicted molar refractivity (Wildman–Crippen MR) is 128 cm³/mol. The predicted octanol–water partition coefficient (Wildman–Crippen LogP) is 5.42. The summed E-state index contributed by atoms with van der Waals surface area (Å²) in [7, 11) is -4.03. The van der Waals surface area contributed by atoms with E-state index in [1.165, 1.54) is 18.2 Å².